The number of pyridine rings is 1. The van der Waals surface area contributed by atoms with Crippen molar-refractivity contribution in [3.05, 3.63) is 47.7 Å². The second kappa shape index (κ2) is 6.85. The monoisotopic (exact) mass is 299 g/mol. The predicted molar refractivity (Wildman–Crippen MR) is 83.2 cm³/mol. The summed E-state index contributed by atoms with van der Waals surface area (Å²) >= 11 is 0. The van der Waals surface area contributed by atoms with Gasteiger partial charge in [-0.3, -0.25) is 4.98 Å². The van der Waals surface area contributed by atoms with E-state index in [0.29, 0.717) is 11.1 Å². The van der Waals surface area contributed by atoms with Gasteiger partial charge in [-0.15, -0.1) is 0 Å². The fourth-order valence-electron chi connectivity index (χ4n) is 2.36. The summed E-state index contributed by atoms with van der Waals surface area (Å²) < 4.78 is 5.06. The minimum absolute atomic E-state index is 0.0369. The Morgan fingerprint density at radius 1 is 1.18 bits per heavy atom. The molecule has 0 aliphatic rings. The maximum absolute atomic E-state index is 12.3. The molecule has 0 spiro atoms. The van der Waals surface area contributed by atoms with Gasteiger partial charge in [-0.05, 0) is 31.0 Å². The summed E-state index contributed by atoms with van der Waals surface area (Å²) in [6.45, 7) is 3.57. The van der Waals surface area contributed by atoms with Gasteiger partial charge in [0.05, 0.1) is 23.3 Å². The fraction of sp³-hybridized carbons (Fsp3) is 0.235. The third-order valence-electron chi connectivity index (χ3n) is 3.31. The van der Waals surface area contributed by atoms with E-state index < -0.39 is 11.9 Å². The first-order valence-electron chi connectivity index (χ1n) is 7.07. The quantitative estimate of drug-likeness (QED) is 0.678. The van der Waals surface area contributed by atoms with Crippen LogP contribution >= 0.6 is 0 Å². The number of ether oxygens (including phenoxy) is 1. The number of benzene rings is 1. The number of rotatable bonds is 5. The molecule has 1 aromatic heterocycles. The number of carbonyl (C=O) groups is 2. The van der Waals surface area contributed by atoms with E-state index in [9.17, 15) is 14.7 Å². The van der Waals surface area contributed by atoms with Crippen molar-refractivity contribution in [1.29, 1.82) is 0 Å². The highest BCUT2D eigenvalue weighted by atomic mass is 16.5. The standard InChI is InChI=1S/C17H17NO4/c1-3-11(16(19)20)15(17(21)22-4-2)13-7-5-9-14-12(13)8-6-10-18-14/h5-10H,3-4H2,1-2H3,(H,19,20). The van der Waals surface area contributed by atoms with E-state index in [1.54, 1.807) is 38.2 Å². The van der Waals surface area contributed by atoms with Crippen molar-refractivity contribution >= 4 is 28.4 Å². The van der Waals surface area contributed by atoms with E-state index in [0.717, 1.165) is 5.39 Å². The number of carboxylic acid groups (broad SMARTS) is 1. The molecule has 0 aliphatic heterocycles. The highest BCUT2D eigenvalue weighted by Gasteiger charge is 2.23. The summed E-state index contributed by atoms with van der Waals surface area (Å²) in [6.07, 6.45) is 1.87. The average Bonchev–Trinajstić information content (AvgIpc) is 2.52. The van der Waals surface area contributed by atoms with Crippen molar-refractivity contribution in [3.8, 4) is 0 Å². The Bertz CT molecular complexity index is 744. The number of carbonyl (C=O) groups excluding carboxylic acids is 1. The maximum Gasteiger partial charge on any atom is 0.339 e. The molecule has 0 saturated heterocycles. The van der Waals surface area contributed by atoms with Crippen LogP contribution in [0.4, 0.5) is 0 Å². The molecule has 5 heteroatoms. The molecule has 0 saturated carbocycles. The fourth-order valence-corrected chi connectivity index (χ4v) is 2.36. The highest BCUT2D eigenvalue weighted by molar-refractivity contribution is 6.25. The first kappa shape index (κ1) is 15.7. The van der Waals surface area contributed by atoms with Gasteiger partial charge in [-0.25, -0.2) is 9.59 Å². The minimum Gasteiger partial charge on any atom is -0.478 e. The van der Waals surface area contributed by atoms with Crippen molar-refractivity contribution in [1.82, 2.24) is 4.98 Å². The molecule has 0 unspecified atom stereocenters. The van der Waals surface area contributed by atoms with Crippen LogP contribution in [0.1, 0.15) is 25.8 Å². The Labute approximate surface area is 128 Å². The summed E-state index contributed by atoms with van der Waals surface area (Å²) in [6, 6.07) is 8.84. The molecule has 0 amide bonds. The molecule has 22 heavy (non-hydrogen) atoms. The van der Waals surface area contributed by atoms with Gasteiger partial charge in [0, 0.05) is 11.6 Å². The number of carboxylic acids is 1. The number of nitrogens with zero attached hydrogens (tertiary/aromatic N) is 1. The van der Waals surface area contributed by atoms with Crippen LogP contribution in [0.5, 0.6) is 0 Å². The largest absolute Gasteiger partial charge is 0.478 e. The van der Waals surface area contributed by atoms with E-state index >= 15 is 0 Å². The molecule has 0 atom stereocenters. The zero-order chi connectivity index (χ0) is 16.1. The van der Waals surface area contributed by atoms with Crippen molar-refractivity contribution in [2.75, 3.05) is 6.61 Å². The van der Waals surface area contributed by atoms with E-state index in [2.05, 4.69) is 4.98 Å². The van der Waals surface area contributed by atoms with Crippen LogP contribution in [-0.2, 0) is 14.3 Å². The number of hydrogen-bond acceptors (Lipinski definition) is 4. The molecule has 2 rings (SSSR count). The molecular weight excluding hydrogens is 282 g/mol. The van der Waals surface area contributed by atoms with Gasteiger partial charge in [0.15, 0.2) is 0 Å². The zero-order valence-electron chi connectivity index (χ0n) is 12.5. The van der Waals surface area contributed by atoms with Crippen LogP contribution in [-0.4, -0.2) is 28.6 Å². The third kappa shape index (κ3) is 2.98. The van der Waals surface area contributed by atoms with Gasteiger partial charge < -0.3 is 9.84 Å². The highest BCUT2D eigenvalue weighted by Crippen LogP contribution is 2.29. The first-order chi connectivity index (χ1) is 10.6. The second-order valence-electron chi connectivity index (χ2n) is 4.61. The zero-order valence-corrected chi connectivity index (χ0v) is 12.5. The molecule has 0 radical (unpaired) electrons. The second-order valence-corrected chi connectivity index (χ2v) is 4.61. The lowest BCUT2D eigenvalue weighted by Gasteiger charge is -2.13. The predicted octanol–water partition coefficient (Wildman–Crippen LogP) is 3.05. The van der Waals surface area contributed by atoms with Crippen molar-refractivity contribution in [2.24, 2.45) is 0 Å². The maximum atomic E-state index is 12.3. The lowest BCUT2D eigenvalue weighted by atomic mass is 9.95. The molecule has 0 aliphatic carbocycles. The van der Waals surface area contributed by atoms with E-state index in [1.165, 1.54) is 0 Å². The normalized spacial score (nSPS) is 11.9. The number of aliphatic carboxylic acids is 1. The van der Waals surface area contributed by atoms with Crippen molar-refractivity contribution in [3.63, 3.8) is 0 Å². The van der Waals surface area contributed by atoms with Gasteiger partial charge >= 0.3 is 11.9 Å². The number of hydrogen-bond donors (Lipinski definition) is 1. The van der Waals surface area contributed by atoms with E-state index in [4.69, 9.17) is 4.74 Å². The van der Waals surface area contributed by atoms with E-state index in [1.807, 2.05) is 12.1 Å². The van der Waals surface area contributed by atoms with Crippen LogP contribution in [0.3, 0.4) is 0 Å². The number of esters is 1. The molecule has 1 N–H and O–H groups in total. The van der Waals surface area contributed by atoms with Gasteiger partial charge in [0.2, 0.25) is 0 Å². The van der Waals surface area contributed by atoms with Gasteiger partial charge in [0.1, 0.15) is 0 Å². The van der Waals surface area contributed by atoms with Crippen molar-refractivity contribution in [2.45, 2.75) is 20.3 Å². The lowest BCUT2D eigenvalue weighted by Crippen LogP contribution is -2.14. The molecular formula is C17H17NO4. The van der Waals surface area contributed by atoms with Crippen LogP contribution in [0.2, 0.25) is 0 Å². The average molecular weight is 299 g/mol. The van der Waals surface area contributed by atoms with Gasteiger partial charge in [0.25, 0.3) is 0 Å². The SMILES string of the molecule is CCOC(=O)C(=C(CC)C(=O)O)c1cccc2ncccc12. The molecule has 0 fully saturated rings. The Hall–Kier alpha value is -2.69. The van der Waals surface area contributed by atoms with Crippen LogP contribution in [0.15, 0.2) is 42.1 Å². The molecule has 2 aromatic rings. The van der Waals surface area contributed by atoms with Crippen LogP contribution in [0.25, 0.3) is 16.5 Å². The Kier molecular flexibility index (Phi) is 4.88. The summed E-state index contributed by atoms with van der Waals surface area (Å²) in [5.41, 5.74) is 1.36. The summed E-state index contributed by atoms with van der Waals surface area (Å²) in [4.78, 5) is 28.1. The summed E-state index contributed by atoms with van der Waals surface area (Å²) in [7, 11) is 0. The molecule has 1 aromatic carbocycles. The minimum atomic E-state index is -1.12. The third-order valence-corrected chi connectivity index (χ3v) is 3.31. The Morgan fingerprint density at radius 3 is 2.59 bits per heavy atom. The molecule has 114 valence electrons. The summed E-state index contributed by atoms with van der Waals surface area (Å²) in [5.74, 6) is -1.75. The first-order valence-corrected chi connectivity index (χ1v) is 7.07. The lowest BCUT2D eigenvalue weighted by molar-refractivity contribution is -0.137. The van der Waals surface area contributed by atoms with Crippen LogP contribution < -0.4 is 0 Å². The number of fused-ring (bicyclic) bond motifs is 1. The van der Waals surface area contributed by atoms with Crippen LogP contribution in [0, 0.1) is 0 Å². The molecule has 1 heterocycles. The summed E-state index contributed by atoms with van der Waals surface area (Å²) in [5, 5.41) is 10.1. The number of aromatic nitrogens is 1. The molecule has 5 nitrogen and oxygen atoms in total. The van der Waals surface area contributed by atoms with Gasteiger partial charge in [-0.1, -0.05) is 25.1 Å². The van der Waals surface area contributed by atoms with Gasteiger partial charge in [-0.2, -0.15) is 0 Å². The topological polar surface area (TPSA) is 76.5 Å². The van der Waals surface area contributed by atoms with Crippen molar-refractivity contribution < 1.29 is 19.4 Å². The smallest absolute Gasteiger partial charge is 0.339 e. The Morgan fingerprint density at radius 2 is 1.95 bits per heavy atom. The Balaban J connectivity index is 2.78. The van der Waals surface area contributed by atoms with E-state index in [-0.39, 0.29) is 24.2 Å². The molecule has 0 bridgehead atoms.